The van der Waals surface area contributed by atoms with E-state index < -0.39 is 0 Å². The van der Waals surface area contributed by atoms with Crippen LogP contribution in [0.5, 0.6) is 0 Å². The lowest BCUT2D eigenvalue weighted by atomic mass is 10.1. The maximum Gasteiger partial charge on any atom is 0.128 e. The van der Waals surface area contributed by atoms with Crippen LogP contribution in [0.3, 0.4) is 0 Å². The third kappa shape index (κ3) is 2.13. The van der Waals surface area contributed by atoms with Crippen molar-refractivity contribution in [2.45, 2.75) is 13.2 Å². The molecule has 0 saturated heterocycles. The zero-order chi connectivity index (χ0) is 13.2. The zero-order valence-corrected chi connectivity index (χ0v) is 10.4. The molecule has 19 heavy (non-hydrogen) atoms. The van der Waals surface area contributed by atoms with Crippen LogP contribution in [0.25, 0.3) is 10.9 Å². The van der Waals surface area contributed by atoms with Crippen LogP contribution in [0.2, 0.25) is 0 Å². The van der Waals surface area contributed by atoms with Gasteiger partial charge in [-0.1, -0.05) is 30.3 Å². The molecule has 1 aromatic heterocycles. The van der Waals surface area contributed by atoms with Gasteiger partial charge in [-0.25, -0.2) is 4.39 Å². The van der Waals surface area contributed by atoms with Gasteiger partial charge in [0.2, 0.25) is 0 Å². The Balaban J connectivity index is 2.05. The summed E-state index contributed by atoms with van der Waals surface area (Å²) in [6.07, 6.45) is 1.93. The van der Waals surface area contributed by atoms with Gasteiger partial charge in [0.1, 0.15) is 5.82 Å². The maximum absolute atomic E-state index is 13.7. The first kappa shape index (κ1) is 11.9. The second-order valence-corrected chi connectivity index (χ2v) is 4.54. The molecule has 2 nitrogen and oxygen atoms in total. The van der Waals surface area contributed by atoms with Crippen LogP contribution in [0, 0.1) is 5.82 Å². The monoisotopic (exact) mass is 255 g/mol. The molecule has 0 atom stereocenters. The van der Waals surface area contributed by atoms with Crippen LogP contribution >= 0.6 is 0 Å². The molecule has 0 amide bonds. The Morgan fingerprint density at radius 3 is 2.53 bits per heavy atom. The molecular formula is C16H14FNO. The van der Waals surface area contributed by atoms with Gasteiger partial charge in [-0.15, -0.1) is 0 Å². The largest absolute Gasteiger partial charge is 0.392 e. The number of aromatic nitrogens is 1. The molecule has 3 rings (SSSR count). The summed E-state index contributed by atoms with van der Waals surface area (Å²) in [6.45, 7) is 0.506. The number of aliphatic hydroxyl groups excluding tert-OH is 1. The fourth-order valence-electron chi connectivity index (χ4n) is 2.37. The Morgan fingerprint density at radius 2 is 1.74 bits per heavy atom. The summed E-state index contributed by atoms with van der Waals surface area (Å²) >= 11 is 0. The molecule has 96 valence electrons. The molecule has 0 radical (unpaired) electrons. The van der Waals surface area contributed by atoms with Gasteiger partial charge in [0.05, 0.1) is 13.2 Å². The summed E-state index contributed by atoms with van der Waals surface area (Å²) in [6, 6.07) is 14.5. The maximum atomic E-state index is 13.7. The van der Waals surface area contributed by atoms with E-state index in [9.17, 15) is 9.50 Å². The summed E-state index contributed by atoms with van der Waals surface area (Å²) < 4.78 is 15.7. The van der Waals surface area contributed by atoms with Gasteiger partial charge in [-0.05, 0) is 23.8 Å². The van der Waals surface area contributed by atoms with Crippen molar-refractivity contribution in [1.82, 2.24) is 4.57 Å². The summed E-state index contributed by atoms with van der Waals surface area (Å²) in [5, 5.41) is 10.3. The van der Waals surface area contributed by atoms with Crippen molar-refractivity contribution >= 4 is 10.9 Å². The van der Waals surface area contributed by atoms with Crippen LogP contribution in [0.1, 0.15) is 11.1 Å². The average Bonchev–Trinajstić information content (AvgIpc) is 2.84. The van der Waals surface area contributed by atoms with Crippen LogP contribution < -0.4 is 0 Å². The fraction of sp³-hybridized carbons (Fsp3) is 0.125. The number of fused-ring (bicyclic) bond motifs is 1. The van der Waals surface area contributed by atoms with E-state index in [4.69, 9.17) is 0 Å². The minimum Gasteiger partial charge on any atom is -0.392 e. The highest BCUT2D eigenvalue weighted by Crippen LogP contribution is 2.21. The number of hydrogen-bond donors (Lipinski definition) is 1. The first-order chi connectivity index (χ1) is 9.29. The molecule has 2 aromatic carbocycles. The van der Waals surface area contributed by atoms with Gasteiger partial charge in [-0.3, -0.25) is 0 Å². The van der Waals surface area contributed by atoms with E-state index in [1.54, 1.807) is 12.1 Å². The molecule has 0 saturated carbocycles. The molecule has 1 N–H and O–H groups in total. The predicted octanol–water partition coefficient (Wildman–Crippen LogP) is 3.32. The van der Waals surface area contributed by atoms with Gasteiger partial charge >= 0.3 is 0 Å². The first-order valence-electron chi connectivity index (χ1n) is 6.20. The number of rotatable bonds is 3. The highest BCUT2D eigenvalue weighted by Gasteiger charge is 2.07. The van der Waals surface area contributed by atoms with E-state index in [0.29, 0.717) is 12.1 Å². The predicted molar refractivity (Wildman–Crippen MR) is 73.4 cm³/mol. The molecule has 0 bridgehead atoms. The number of halogens is 1. The second-order valence-electron chi connectivity index (χ2n) is 4.54. The molecule has 0 spiro atoms. The van der Waals surface area contributed by atoms with Crippen molar-refractivity contribution in [2.75, 3.05) is 0 Å². The molecule has 0 aliphatic heterocycles. The van der Waals surface area contributed by atoms with E-state index in [1.807, 2.05) is 41.1 Å². The van der Waals surface area contributed by atoms with E-state index in [-0.39, 0.29) is 12.4 Å². The van der Waals surface area contributed by atoms with E-state index in [0.717, 1.165) is 16.5 Å². The summed E-state index contributed by atoms with van der Waals surface area (Å²) in [4.78, 5) is 0. The van der Waals surface area contributed by atoms with E-state index >= 15 is 0 Å². The van der Waals surface area contributed by atoms with Crippen molar-refractivity contribution in [3.05, 3.63) is 71.7 Å². The molecule has 3 heteroatoms. The van der Waals surface area contributed by atoms with Crippen molar-refractivity contribution in [3.8, 4) is 0 Å². The lowest BCUT2D eigenvalue weighted by Crippen LogP contribution is -2.00. The van der Waals surface area contributed by atoms with E-state index in [2.05, 4.69) is 0 Å². The van der Waals surface area contributed by atoms with Gasteiger partial charge in [0, 0.05) is 22.7 Å². The molecule has 0 aliphatic carbocycles. The fourth-order valence-corrected chi connectivity index (χ4v) is 2.37. The van der Waals surface area contributed by atoms with Gasteiger partial charge in [-0.2, -0.15) is 0 Å². The highest BCUT2D eigenvalue weighted by molar-refractivity contribution is 5.83. The smallest absolute Gasteiger partial charge is 0.128 e. The summed E-state index contributed by atoms with van der Waals surface area (Å²) in [5.74, 6) is -0.192. The SMILES string of the molecule is OCc1cccc2c1ccn2Cc1ccccc1F. The Labute approximate surface area is 110 Å². The number of hydrogen-bond acceptors (Lipinski definition) is 1. The summed E-state index contributed by atoms with van der Waals surface area (Å²) in [7, 11) is 0. The van der Waals surface area contributed by atoms with Crippen LogP contribution in [-0.4, -0.2) is 9.67 Å². The Bertz CT molecular complexity index is 718. The third-order valence-electron chi connectivity index (χ3n) is 3.37. The van der Waals surface area contributed by atoms with Gasteiger partial charge in [0.15, 0.2) is 0 Å². The number of benzene rings is 2. The first-order valence-corrected chi connectivity index (χ1v) is 6.20. The van der Waals surface area contributed by atoms with Crippen LogP contribution in [0.15, 0.2) is 54.7 Å². The minimum absolute atomic E-state index is 0.0149. The van der Waals surface area contributed by atoms with Crippen molar-refractivity contribution < 1.29 is 9.50 Å². The van der Waals surface area contributed by atoms with Crippen molar-refractivity contribution in [2.24, 2.45) is 0 Å². The molecule has 0 aliphatic rings. The molecular weight excluding hydrogens is 241 g/mol. The quantitative estimate of drug-likeness (QED) is 0.763. The summed E-state index contributed by atoms with van der Waals surface area (Å²) in [5.41, 5.74) is 2.56. The normalized spacial score (nSPS) is 11.1. The Kier molecular flexibility index (Phi) is 3.05. The zero-order valence-electron chi connectivity index (χ0n) is 10.4. The molecule has 0 unspecified atom stereocenters. The van der Waals surface area contributed by atoms with E-state index in [1.165, 1.54) is 6.07 Å². The number of nitrogens with zero attached hydrogens (tertiary/aromatic N) is 1. The number of aliphatic hydroxyl groups is 1. The average molecular weight is 255 g/mol. The standard InChI is InChI=1S/C16H14FNO/c17-15-6-2-1-4-12(15)10-18-9-8-14-13(11-19)5-3-7-16(14)18/h1-9,19H,10-11H2. The Morgan fingerprint density at radius 1 is 0.947 bits per heavy atom. The van der Waals surface area contributed by atoms with Crippen LogP contribution in [-0.2, 0) is 13.2 Å². The molecule has 1 heterocycles. The third-order valence-corrected chi connectivity index (χ3v) is 3.37. The highest BCUT2D eigenvalue weighted by atomic mass is 19.1. The molecule has 3 aromatic rings. The van der Waals surface area contributed by atoms with Crippen molar-refractivity contribution in [1.29, 1.82) is 0 Å². The minimum atomic E-state index is -0.192. The van der Waals surface area contributed by atoms with Crippen LogP contribution in [0.4, 0.5) is 4.39 Å². The van der Waals surface area contributed by atoms with Crippen molar-refractivity contribution in [3.63, 3.8) is 0 Å². The lowest BCUT2D eigenvalue weighted by Gasteiger charge is -2.07. The Hall–Kier alpha value is -2.13. The topological polar surface area (TPSA) is 25.2 Å². The van der Waals surface area contributed by atoms with Gasteiger partial charge < -0.3 is 9.67 Å². The lowest BCUT2D eigenvalue weighted by molar-refractivity contribution is 0.283. The molecule has 0 fully saturated rings. The second kappa shape index (κ2) is 4.86. The van der Waals surface area contributed by atoms with Gasteiger partial charge in [0.25, 0.3) is 0 Å².